The van der Waals surface area contributed by atoms with E-state index in [1.165, 1.54) is 0 Å². The third-order valence-corrected chi connectivity index (χ3v) is 2.73. The van der Waals surface area contributed by atoms with E-state index in [-0.39, 0.29) is 18.1 Å². The molecule has 0 aromatic heterocycles. The molecule has 0 radical (unpaired) electrons. The highest BCUT2D eigenvalue weighted by molar-refractivity contribution is 5.77. The smallest absolute Gasteiger partial charge is 0.248 e. The van der Waals surface area contributed by atoms with Crippen molar-refractivity contribution < 1.29 is 9.53 Å². The third-order valence-electron chi connectivity index (χ3n) is 2.73. The second-order valence-electron chi connectivity index (χ2n) is 5.67. The van der Waals surface area contributed by atoms with Gasteiger partial charge in [-0.15, -0.1) is 0 Å². The lowest BCUT2D eigenvalue weighted by Gasteiger charge is -2.22. The summed E-state index contributed by atoms with van der Waals surface area (Å²) >= 11 is 0. The minimum absolute atomic E-state index is 0.0159. The highest BCUT2D eigenvalue weighted by atomic mass is 16.5. The Labute approximate surface area is 115 Å². The number of ether oxygens (including phenoxy) is 1. The van der Waals surface area contributed by atoms with E-state index in [4.69, 9.17) is 10.5 Å². The normalized spacial score (nSPS) is 11.4. The second kappa shape index (κ2) is 6.68. The maximum absolute atomic E-state index is 11.9. The van der Waals surface area contributed by atoms with Gasteiger partial charge in [-0.1, -0.05) is 24.3 Å². The van der Waals surface area contributed by atoms with Gasteiger partial charge in [0, 0.05) is 20.1 Å². The van der Waals surface area contributed by atoms with E-state index in [2.05, 4.69) is 0 Å². The van der Waals surface area contributed by atoms with Crippen LogP contribution in [-0.2, 0) is 22.6 Å². The van der Waals surface area contributed by atoms with Crippen LogP contribution in [0, 0.1) is 0 Å². The van der Waals surface area contributed by atoms with Gasteiger partial charge in [-0.05, 0) is 31.9 Å². The van der Waals surface area contributed by atoms with E-state index >= 15 is 0 Å². The molecule has 1 rings (SSSR count). The molecule has 0 heterocycles. The quantitative estimate of drug-likeness (QED) is 0.884. The summed E-state index contributed by atoms with van der Waals surface area (Å²) in [5, 5.41) is 0. The predicted molar refractivity (Wildman–Crippen MR) is 76.5 cm³/mol. The molecule has 19 heavy (non-hydrogen) atoms. The number of carbonyl (C=O) groups is 1. The van der Waals surface area contributed by atoms with Crippen molar-refractivity contribution in [1.29, 1.82) is 0 Å². The molecule has 0 saturated carbocycles. The first-order chi connectivity index (χ1) is 8.81. The van der Waals surface area contributed by atoms with Gasteiger partial charge in [0.25, 0.3) is 0 Å². The van der Waals surface area contributed by atoms with E-state index in [9.17, 15) is 4.79 Å². The lowest BCUT2D eigenvalue weighted by atomic mass is 10.1. The molecule has 0 aliphatic carbocycles. The van der Waals surface area contributed by atoms with Crippen LogP contribution in [0.3, 0.4) is 0 Å². The molecule has 1 amide bonds. The lowest BCUT2D eigenvalue weighted by Crippen LogP contribution is -2.33. The van der Waals surface area contributed by atoms with Gasteiger partial charge in [0.1, 0.15) is 6.61 Å². The van der Waals surface area contributed by atoms with Gasteiger partial charge < -0.3 is 15.4 Å². The Morgan fingerprint density at radius 1 is 1.21 bits per heavy atom. The monoisotopic (exact) mass is 264 g/mol. The maximum Gasteiger partial charge on any atom is 0.248 e. The number of hydrogen-bond donors (Lipinski definition) is 1. The number of likely N-dealkylation sites (N-methyl/N-ethyl adjacent to an activating group) is 1. The second-order valence-corrected chi connectivity index (χ2v) is 5.67. The summed E-state index contributed by atoms with van der Waals surface area (Å²) in [6.07, 6.45) is 0. The van der Waals surface area contributed by atoms with Crippen LogP contribution < -0.4 is 5.73 Å². The highest BCUT2D eigenvalue weighted by Crippen LogP contribution is 2.09. The molecule has 0 aliphatic rings. The Hall–Kier alpha value is -1.39. The van der Waals surface area contributed by atoms with E-state index in [0.717, 1.165) is 11.1 Å². The average molecular weight is 264 g/mol. The summed E-state index contributed by atoms with van der Waals surface area (Å²) in [5.41, 5.74) is 7.43. The van der Waals surface area contributed by atoms with Crippen molar-refractivity contribution in [3.63, 3.8) is 0 Å². The summed E-state index contributed by atoms with van der Waals surface area (Å²) in [4.78, 5) is 13.6. The molecule has 4 nitrogen and oxygen atoms in total. The van der Waals surface area contributed by atoms with Gasteiger partial charge in [-0.2, -0.15) is 0 Å². The van der Waals surface area contributed by atoms with Crippen LogP contribution >= 0.6 is 0 Å². The molecule has 0 unspecified atom stereocenters. The van der Waals surface area contributed by atoms with Gasteiger partial charge >= 0.3 is 0 Å². The van der Waals surface area contributed by atoms with Crippen molar-refractivity contribution in [3.8, 4) is 0 Å². The van der Waals surface area contributed by atoms with Gasteiger partial charge in [-0.25, -0.2) is 0 Å². The van der Waals surface area contributed by atoms with Crippen LogP contribution in [0.2, 0.25) is 0 Å². The zero-order valence-electron chi connectivity index (χ0n) is 12.3. The lowest BCUT2D eigenvalue weighted by molar-refractivity contribution is -0.140. The van der Waals surface area contributed by atoms with Crippen molar-refractivity contribution in [2.45, 2.75) is 39.5 Å². The van der Waals surface area contributed by atoms with Gasteiger partial charge in [0.2, 0.25) is 5.91 Å². The van der Waals surface area contributed by atoms with Crippen molar-refractivity contribution in [2.75, 3.05) is 13.7 Å². The molecule has 0 aliphatic heterocycles. The molecule has 1 aromatic carbocycles. The summed E-state index contributed by atoms with van der Waals surface area (Å²) < 4.78 is 5.48. The predicted octanol–water partition coefficient (Wildman–Crippen LogP) is 1.92. The Morgan fingerprint density at radius 3 is 2.21 bits per heavy atom. The largest absolute Gasteiger partial charge is 0.366 e. The Morgan fingerprint density at radius 2 is 1.74 bits per heavy atom. The number of nitrogens with two attached hydrogens (primary N) is 1. The topological polar surface area (TPSA) is 55.6 Å². The third kappa shape index (κ3) is 5.85. The fourth-order valence-electron chi connectivity index (χ4n) is 1.53. The first-order valence-corrected chi connectivity index (χ1v) is 6.47. The standard InChI is InChI=1S/C15H24N2O2/c1-15(2,3)19-11-14(18)17(4)10-13-7-5-12(9-16)6-8-13/h5-8H,9-11,16H2,1-4H3. The number of carbonyl (C=O) groups excluding carboxylic acids is 1. The van der Waals surface area contributed by atoms with Gasteiger partial charge in [0.05, 0.1) is 5.60 Å². The molecule has 0 bridgehead atoms. The van der Waals surface area contributed by atoms with Gasteiger partial charge in [0.15, 0.2) is 0 Å². The number of amides is 1. The first kappa shape index (κ1) is 15.7. The Kier molecular flexibility index (Phi) is 5.51. The summed E-state index contributed by atoms with van der Waals surface area (Å²) in [5.74, 6) is -0.0159. The molecule has 2 N–H and O–H groups in total. The zero-order valence-corrected chi connectivity index (χ0v) is 12.3. The number of benzene rings is 1. The zero-order chi connectivity index (χ0) is 14.5. The fourth-order valence-corrected chi connectivity index (χ4v) is 1.53. The minimum Gasteiger partial charge on any atom is -0.366 e. The van der Waals surface area contributed by atoms with Crippen LogP contribution in [0.15, 0.2) is 24.3 Å². The number of rotatable bonds is 5. The van der Waals surface area contributed by atoms with Gasteiger partial charge in [-0.3, -0.25) is 4.79 Å². The SMILES string of the molecule is CN(Cc1ccc(CN)cc1)C(=O)COC(C)(C)C. The molecule has 0 atom stereocenters. The molecule has 1 aromatic rings. The van der Waals surface area contributed by atoms with Crippen LogP contribution in [0.1, 0.15) is 31.9 Å². The van der Waals surface area contributed by atoms with Crippen molar-refractivity contribution in [1.82, 2.24) is 4.90 Å². The van der Waals surface area contributed by atoms with E-state index in [1.54, 1.807) is 11.9 Å². The molecule has 0 saturated heterocycles. The minimum atomic E-state index is -0.292. The molecule has 106 valence electrons. The van der Waals surface area contributed by atoms with Crippen LogP contribution in [0.4, 0.5) is 0 Å². The first-order valence-electron chi connectivity index (χ1n) is 6.47. The molecular weight excluding hydrogens is 240 g/mol. The molecule has 0 fully saturated rings. The van der Waals surface area contributed by atoms with Crippen molar-refractivity contribution in [2.24, 2.45) is 5.73 Å². The summed E-state index contributed by atoms with van der Waals surface area (Å²) in [6.45, 7) is 7.04. The van der Waals surface area contributed by atoms with E-state index in [1.807, 2.05) is 45.0 Å². The van der Waals surface area contributed by atoms with Crippen molar-refractivity contribution >= 4 is 5.91 Å². The molecular formula is C15H24N2O2. The molecule has 4 heteroatoms. The molecule has 0 spiro atoms. The van der Waals surface area contributed by atoms with Crippen LogP contribution in [0.25, 0.3) is 0 Å². The average Bonchev–Trinajstić information content (AvgIpc) is 2.36. The van der Waals surface area contributed by atoms with Crippen LogP contribution in [-0.4, -0.2) is 30.1 Å². The number of hydrogen-bond acceptors (Lipinski definition) is 3. The highest BCUT2D eigenvalue weighted by Gasteiger charge is 2.15. The Bertz CT molecular complexity index is 407. The summed E-state index contributed by atoms with van der Waals surface area (Å²) in [7, 11) is 1.78. The number of nitrogens with zero attached hydrogens (tertiary/aromatic N) is 1. The van der Waals surface area contributed by atoms with E-state index < -0.39 is 0 Å². The summed E-state index contributed by atoms with van der Waals surface area (Å²) in [6, 6.07) is 7.96. The Balaban J connectivity index is 2.49. The van der Waals surface area contributed by atoms with Crippen molar-refractivity contribution in [3.05, 3.63) is 35.4 Å². The maximum atomic E-state index is 11.9. The van der Waals surface area contributed by atoms with Crippen LogP contribution in [0.5, 0.6) is 0 Å². The fraction of sp³-hybridized carbons (Fsp3) is 0.533. The van der Waals surface area contributed by atoms with E-state index in [0.29, 0.717) is 13.1 Å².